The van der Waals surface area contributed by atoms with Crippen LogP contribution >= 0.6 is 23.7 Å². The van der Waals surface area contributed by atoms with Gasteiger partial charge in [-0.1, -0.05) is 20.8 Å². The maximum absolute atomic E-state index is 12.1. The Labute approximate surface area is 125 Å². The van der Waals surface area contributed by atoms with Crippen LogP contribution in [0, 0.1) is 6.92 Å². The zero-order valence-corrected chi connectivity index (χ0v) is 14.1. The van der Waals surface area contributed by atoms with Crippen LogP contribution in [0.4, 0.5) is 0 Å². The molecule has 2 N–H and O–H groups in total. The topological polar surface area (TPSA) is 54.0 Å². The number of hydrogen-bond donors (Lipinski definition) is 2. The van der Waals surface area contributed by atoms with Crippen molar-refractivity contribution in [2.75, 3.05) is 13.6 Å². The van der Waals surface area contributed by atoms with Crippen LogP contribution in [-0.2, 0) is 5.41 Å². The predicted molar refractivity (Wildman–Crippen MR) is 83.7 cm³/mol. The third kappa shape index (κ3) is 5.09. The number of halogens is 1. The van der Waals surface area contributed by atoms with Crippen LogP contribution in [0.1, 0.15) is 48.1 Å². The zero-order valence-electron chi connectivity index (χ0n) is 12.5. The number of likely N-dealkylation sites (N-methyl/N-ethyl adjacent to an activating group) is 1. The monoisotopic (exact) mass is 305 g/mol. The molecular weight excluding hydrogens is 282 g/mol. The van der Waals surface area contributed by atoms with Crippen LogP contribution < -0.4 is 10.6 Å². The second-order valence-corrected chi connectivity index (χ2v) is 6.58. The Morgan fingerprint density at radius 2 is 2.00 bits per heavy atom. The molecule has 1 atom stereocenters. The Morgan fingerprint density at radius 1 is 1.42 bits per heavy atom. The van der Waals surface area contributed by atoms with Gasteiger partial charge in [-0.15, -0.1) is 23.7 Å². The van der Waals surface area contributed by atoms with Gasteiger partial charge in [0.05, 0.1) is 10.7 Å². The Hall–Kier alpha value is -0.650. The van der Waals surface area contributed by atoms with E-state index in [0.29, 0.717) is 6.54 Å². The Kier molecular flexibility index (Phi) is 6.97. The lowest BCUT2D eigenvalue weighted by Gasteiger charge is -2.13. The van der Waals surface area contributed by atoms with Gasteiger partial charge in [0.15, 0.2) is 0 Å². The van der Waals surface area contributed by atoms with E-state index in [1.165, 1.54) is 11.3 Å². The summed E-state index contributed by atoms with van der Waals surface area (Å²) in [5, 5.41) is 7.02. The van der Waals surface area contributed by atoms with Crippen LogP contribution in [0.5, 0.6) is 0 Å². The number of aromatic nitrogens is 1. The van der Waals surface area contributed by atoms with Crippen molar-refractivity contribution in [1.82, 2.24) is 15.6 Å². The molecule has 0 saturated carbocycles. The number of carbonyl (C=O) groups excluding carboxylic acids is 1. The van der Waals surface area contributed by atoms with E-state index in [0.717, 1.165) is 15.6 Å². The molecule has 0 bridgehead atoms. The lowest BCUT2D eigenvalue weighted by atomic mass is 9.98. The Bertz CT molecular complexity index is 426. The summed E-state index contributed by atoms with van der Waals surface area (Å²) in [4.78, 5) is 17.3. The molecule has 1 heterocycles. The number of carbonyl (C=O) groups is 1. The molecule has 6 heteroatoms. The van der Waals surface area contributed by atoms with Crippen LogP contribution in [0.25, 0.3) is 0 Å². The Morgan fingerprint density at radius 3 is 2.42 bits per heavy atom. The molecule has 1 amide bonds. The highest BCUT2D eigenvalue weighted by molar-refractivity contribution is 7.14. The summed E-state index contributed by atoms with van der Waals surface area (Å²) in [7, 11) is 1.88. The molecule has 1 aromatic rings. The first-order valence-electron chi connectivity index (χ1n) is 6.19. The van der Waals surface area contributed by atoms with Gasteiger partial charge in [0.1, 0.15) is 4.88 Å². The lowest BCUT2D eigenvalue weighted by Crippen LogP contribution is -2.37. The molecule has 19 heavy (non-hydrogen) atoms. The fourth-order valence-electron chi connectivity index (χ4n) is 1.36. The molecule has 0 aliphatic heterocycles. The summed E-state index contributed by atoms with van der Waals surface area (Å²) in [6.07, 6.45) is 0. The van der Waals surface area contributed by atoms with Gasteiger partial charge in [-0.05, 0) is 20.9 Å². The molecule has 110 valence electrons. The molecule has 0 aliphatic rings. The highest BCUT2D eigenvalue weighted by atomic mass is 35.5. The van der Waals surface area contributed by atoms with Crippen LogP contribution in [0.3, 0.4) is 0 Å². The number of rotatable bonds is 4. The summed E-state index contributed by atoms with van der Waals surface area (Å²) in [5.74, 6) is -0.0254. The van der Waals surface area contributed by atoms with Crippen LogP contribution in [0.2, 0.25) is 0 Å². The van der Waals surface area contributed by atoms with E-state index < -0.39 is 0 Å². The van der Waals surface area contributed by atoms with Gasteiger partial charge in [0.2, 0.25) is 0 Å². The first-order chi connectivity index (χ1) is 8.25. The van der Waals surface area contributed by atoms with Crippen molar-refractivity contribution in [3.8, 4) is 0 Å². The standard InChI is InChI=1S/C13H23N3OS.ClH/c1-8(14-6)7-15-11(17)10-9(2)16-12(18-10)13(3,4)5;/h8,14H,7H2,1-6H3,(H,15,17);1H. The molecule has 0 aliphatic carbocycles. The number of hydrogen-bond acceptors (Lipinski definition) is 4. The molecular formula is C13H24ClN3OS. The van der Waals surface area contributed by atoms with Gasteiger partial charge < -0.3 is 10.6 Å². The van der Waals surface area contributed by atoms with E-state index in [9.17, 15) is 4.79 Å². The third-order valence-electron chi connectivity index (χ3n) is 2.71. The minimum Gasteiger partial charge on any atom is -0.350 e. The van der Waals surface area contributed by atoms with E-state index in [2.05, 4.69) is 36.4 Å². The minimum absolute atomic E-state index is 0. The second kappa shape index (κ2) is 7.22. The normalized spacial score (nSPS) is 12.7. The smallest absolute Gasteiger partial charge is 0.263 e. The maximum atomic E-state index is 12.1. The van der Waals surface area contributed by atoms with Gasteiger partial charge in [0.25, 0.3) is 5.91 Å². The van der Waals surface area contributed by atoms with Crippen molar-refractivity contribution in [3.63, 3.8) is 0 Å². The molecule has 1 aromatic heterocycles. The molecule has 4 nitrogen and oxygen atoms in total. The summed E-state index contributed by atoms with van der Waals surface area (Å²) in [6, 6.07) is 0.268. The van der Waals surface area contributed by atoms with E-state index in [4.69, 9.17) is 0 Å². The highest BCUT2D eigenvalue weighted by Gasteiger charge is 2.22. The number of nitrogens with one attached hydrogen (secondary N) is 2. The Balaban J connectivity index is 0.00000324. The van der Waals surface area contributed by atoms with Crippen molar-refractivity contribution >= 4 is 29.7 Å². The lowest BCUT2D eigenvalue weighted by molar-refractivity contribution is 0.0954. The fourth-order valence-corrected chi connectivity index (χ4v) is 2.40. The zero-order chi connectivity index (χ0) is 13.9. The number of thiazole rings is 1. The van der Waals surface area contributed by atoms with E-state index in [-0.39, 0.29) is 29.8 Å². The van der Waals surface area contributed by atoms with Crippen molar-refractivity contribution in [2.45, 2.75) is 46.1 Å². The molecule has 0 aromatic carbocycles. The van der Waals surface area contributed by atoms with Crippen molar-refractivity contribution in [2.24, 2.45) is 0 Å². The average Bonchev–Trinajstić information content (AvgIpc) is 2.67. The van der Waals surface area contributed by atoms with Crippen molar-refractivity contribution < 1.29 is 4.79 Å². The van der Waals surface area contributed by atoms with Gasteiger partial charge in [-0.3, -0.25) is 4.79 Å². The number of aryl methyl sites for hydroxylation is 1. The first kappa shape index (κ1) is 18.4. The summed E-state index contributed by atoms with van der Waals surface area (Å²) < 4.78 is 0. The highest BCUT2D eigenvalue weighted by Crippen LogP contribution is 2.28. The van der Waals surface area contributed by atoms with Crippen LogP contribution in [-0.4, -0.2) is 30.5 Å². The first-order valence-corrected chi connectivity index (χ1v) is 7.00. The quantitative estimate of drug-likeness (QED) is 0.898. The second-order valence-electron chi connectivity index (χ2n) is 5.58. The minimum atomic E-state index is -0.0254. The van der Waals surface area contributed by atoms with Gasteiger partial charge in [-0.25, -0.2) is 4.98 Å². The fraction of sp³-hybridized carbons (Fsp3) is 0.692. The molecule has 1 rings (SSSR count). The van der Waals surface area contributed by atoms with Crippen LogP contribution in [0.15, 0.2) is 0 Å². The number of nitrogens with zero attached hydrogens (tertiary/aromatic N) is 1. The SMILES string of the molecule is CNC(C)CNC(=O)c1sc(C(C)(C)C)nc1C.Cl. The molecule has 1 unspecified atom stereocenters. The molecule has 0 spiro atoms. The molecule has 0 radical (unpaired) electrons. The van der Waals surface area contributed by atoms with Crippen molar-refractivity contribution in [3.05, 3.63) is 15.6 Å². The van der Waals surface area contributed by atoms with E-state index >= 15 is 0 Å². The van der Waals surface area contributed by atoms with E-state index in [1.807, 2.05) is 20.9 Å². The van der Waals surface area contributed by atoms with Crippen molar-refractivity contribution in [1.29, 1.82) is 0 Å². The largest absolute Gasteiger partial charge is 0.350 e. The van der Waals surface area contributed by atoms with Gasteiger partial charge >= 0.3 is 0 Å². The van der Waals surface area contributed by atoms with Gasteiger partial charge in [0, 0.05) is 18.0 Å². The third-order valence-corrected chi connectivity index (χ3v) is 4.29. The average molecular weight is 306 g/mol. The number of amides is 1. The summed E-state index contributed by atoms with van der Waals surface area (Å²) in [5.41, 5.74) is 0.811. The maximum Gasteiger partial charge on any atom is 0.263 e. The molecule has 0 saturated heterocycles. The van der Waals surface area contributed by atoms with Gasteiger partial charge in [-0.2, -0.15) is 0 Å². The summed E-state index contributed by atoms with van der Waals surface area (Å²) >= 11 is 1.49. The van der Waals surface area contributed by atoms with E-state index in [1.54, 1.807) is 0 Å². The molecule has 0 fully saturated rings. The predicted octanol–water partition coefficient (Wildman–Crippen LogP) is 2.51. The summed E-state index contributed by atoms with van der Waals surface area (Å²) in [6.45, 7) is 10.9.